The maximum atomic E-state index is 5.47. The van der Waals surface area contributed by atoms with Crippen LogP contribution in [-0.2, 0) is 12.8 Å². The van der Waals surface area contributed by atoms with Gasteiger partial charge in [-0.2, -0.15) is 10.1 Å². The summed E-state index contributed by atoms with van der Waals surface area (Å²) in [5.74, 6) is 1.17. The van der Waals surface area contributed by atoms with Crippen LogP contribution >= 0.6 is 0 Å². The molecule has 4 aromatic heterocycles. The Hall–Kier alpha value is -3.48. The Morgan fingerprint density at radius 1 is 1.11 bits per heavy atom. The van der Waals surface area contributed by atoms with Gasteiger partial charge in [0, 0.05) is 34.9 Å². The molecule has 0 aliphatic rings. The van der Waals surface area contributed by atoms with Gasteiger partial charge in [-0.3, -0.25) is 0 Å². The minimum Gasteiger partial charge on any atom is -0.361 e. The molecular formula is C21H20N6O. The van der Waals surface area contributed by atoms with Crippen LogP contribution < -0.4 is 0 Å². The first-order valence-electron chi connectivity index (χ1n) is 9.39. The Labute approximate surface area is 161 Å². The number of nitrogens with one attached hydrogen (secondary N) is 1. The van der Waals surface area contributed by atoms with Gasteiger partial charge in [-0.1, -0.05) is 23.4 Å². The van der Waals surface area contributed by atoms with Gasteiger partial charge in [-0.05, 0) is 44.4 Å². The van der Waals surface area contributed by atoms with Gasteiger partial charge in [-0.25, -0.2) is 9.50 Å². The SMILES string of the molecule is Cc1cc(C)n2ncc(-c3noc(CCCc4c[nH]c5ccccc45)n3)c2n1. The van der Waals surface area contributed by atoms with Gasteiger partial charge in [0.15, 0.2) is 5.65 Å². The topological polar surface area (TPSA) is 84.9 Å². The van der Waals surface area contributed by atoms with Crippen molar-refractivity contribution in [1.29, 1.82) is 0 Å². The second-order valence-electron chi connectivity index (χ2n) is 7.06. The van der Waals surface area contributed by atoms with Crippen molar-refractivity contribution < 1.29 is 4.52 Å². The third kappa shape index (κ3) is 2.85. The smallest absolute Gasteiger partial charge is 0.226 e. The number of hydrogen-bond acceptors (Lipinski definition) is 5. The van der Waals surface area contributed by atoms with Crippen LogP contribution in [0.15, 0.2) is 47.2 Å². The molecule has 0 fully saturated rings. The average Bonchev–Trinajstić information content (AvgIpc) is 3.40. The number of aryl methyl sites for hydroxylation is 4. The standard InChI is InChI=1S/C21H20N6O/c1-13-10-14(2)27-21(24-13)17(12-23-27)20-25-19(28-26-20)9-5-6-15-11-22-18-8-4-3-7-16(15)18/h3-4,7-8,10-12,22H,5-6,9H2,1-2H3. The van der Waals surface area contributed by atoms with Gasteiger partial charge in [0.1, 0.15) is 0 Å². The Morgan fingerprint density at radius 3 is 2.93 bits per heavy atom. The van der Waals surface area contributed by atoms with E-state index in [1.54, 1.807) is 10.7 Å². The zero-order valence-electron chi connectivity index (χ0n) is 15.8. The highest BCUT2D eigenvalue weighted by molar-refractivity contribution is 5.83. The number of nitrogens with zero attached hydrogens (tertiary/aromatic N) is 5. The van der Waals surface area contributed by atoms with Crippen LogP contribution in [0.2, 0.25) is 0 Å². The fourth-order valence-electron chi connectivity index (χ4n) is 3.66. The predicted molar refractivity (Wildman–Crippen MR) is 106 cm³/mol. The van der Waals surface area contributed by atoms with Crippen molar-refractivity contribution in [2.75, 3.05) is 0 Å². The molecule has 1 aromatic carbocycles. The van der Waals surface area contributed by atoms with E-state index in [-0.39, 0.29) is 0 Å². The van der Waals surface area contributed by atoms with Crippen molar-refractivity contribution in [2.45, 2.75) is 33.1 Å². The minimum atomic E-state index is 0.537. The first kappa shape index (κ1) is 16.7. The van der Waals surface area contributed by atoms with Crippen molar-refractivity contribution in [3.05, 3.63) is 65.6 Å². The first-order valence-corrected chi connectivity index (χ1v) is 9.39. The molecule has 5 aromatic rings. The summed E-state index contributed by atoms with van der Waals surface area (Å²) in [7, 11) is 0. The molecule has 5 rings (SSSR count). The fraction of sp³-hybridized carbons (Fsp3) is 0.238. The molecule has 0 aliphatic carbocycles. The molecule has 0 saturated heterocycles. The largest absolute Gasteiger partial charge is 0.361 e. The van der Waals surface area contributed by atoms with E-state index < -0.39 is 0 Å². The van der Waals surface area contributed by atoms with Gasteiger partial charge >= 0.3 is 0 Å². The molecule has 0 saturated carbocycles. The minimum absolute atomic E-state index is 0.537. The van der Waals surface area contributed by atoms with E-state index in [0.29, 0.717) is 11.7 Å². The van der Waals surface area contributed by atoms with Gasteiger partial charge in [0.2, 0.25) is 11.7 Å². The van der Waals surface area contributed by atoms with E-state index >= 15 is 0 Å². The van der Waals surface area contributed by atoms with E-state index in [1.807, 2.05) is 26.0 Å². The van der Waals surface area contributed by atoms with Crippen LogP contribution in [0.5, 0.6) is 0 Å². The summed E-state index contributed by atoms with van der Waals surface area (Å²) in [4.78, 5) is 12.5. The lowest BCUT2D eigenvalue weighted by Gasteiger charge is -2.00. The molecule has 7 heteroatoms. The van der Waals surface area contributed by atoms with Crippen molar-refractivity contribution in [3.63, 3.8) is 0 Å². The molecule has 28 heavy (non-hydrogen) atoms. The molecule has 0 atom stereocenters. The number of aromatic nitrogens is 6. The van der Waals surface area contributed by atoms with Gasteiger partial charge < -0.3 is 9.51 Å². The number of aromatic amines is 1. The van der Waals surface area contributed by atoms with E-state index in [1.165, 1.54) is 16.5 Å². The molecule has 0 radical (unpaired) electrons. The Kier molecular flexibility index (Phi) is 3.93. The van der Waals surface area contributed by atoms with E-state index in [0.717, 1.165) is 41.9 Å². The average molecular weight is 372 g/mol. The molecule has 4 heterocycles. The van der Waals surface area contributed by atoms with Crippen LogP contribution in [0.1, 0.15) is 29.3 Å². The number of para-hydroxylation sites is 1. The summed E-state index contributed by atoms with van der Waals surface area (Å²) in [6.45, 7) is 3.97. The van der Waals surface area contributed by atoms with Crippen molar-refractivity contribution in [1.82, 2.24) is 29.7 Å². The highest BCUT2D eigenvalue weighted by atomic mass is 16.5. The highest BCUT2D eigenvalue weighted by Crippen LogP contribution is 2.23. The van der Waals surface area contributed by atoms with Gasteiger partial charge in [0.25, 0.3) is 0 Å². The summed E-state index contributed by atoms with van der Waals surface area (Å²) in [5, 5.41) is 9.82. The summed E-state index contributed by atoms with van der Waals surface area (Å²) in [6, 6.07) is 10.3. The third-order valence-electron chi connectivity index (χ3n) is 5.00. The second kappa shape index (κ2) is 6.60. The summed E-state index contributed by atoms with van der Waals surface area (Å²) in [5.41, 5.74) is 5.99. The van der Waals surface area contributed by atoms with E-state index in [9.17, 15) is 0 Å². The van der Waals surface area contributed by atoms with Crippen LogP contribution in [0, 0.1) is 13.8 Å². The van der Waals surface area contributed by atoms with Gasteiger partial charge in [-0.15, -0.1) is 0 Å². The molecule has 0 spiro atoms. The molecule has 0 amide bonds. The number of hydrogen-bond donors (Lipinski definition) is 1. The Morgan fingerprint density at radius 2 is 2.00 bits per heavy atom. The van der Waals surface area contributed by atoms with E-state index in [4.69, 9.17) is 4.52 Å². The molecule has 140 valence electrons. The van der Waals surface area contributed by atoms with Crippen LogP contribution in [0.4, 0.5) is 0 Å². The number of benzene rings is 1. The normalized spacial score (nSPS) is 11.6. The predicted octanol–water partition coefficient (Wildman–Crippen LogP) is 4.05. The Balaban J connectivity index is 1.33. The zero-order valence-corrected chi connectivity index (χ0v) is 15.8. The Bertz CT molecular complexity index is 1280. The highest BCUT2D eigenvalue weighted by Gasteiger charge is 2.16. The maximum Gasteiger partial charge on any atom is 0.226 e. The molecule has 0 unspecified atom stereocenters. The van der Waals surface area contributed by atoms with Crippen LogP contribution in [-0.4, -0.2) is 29.7 Å². The second-order valence-corrected chi connectivity index (χ2v) is 7.06. The summed E-state index contributed by atoms with van der Waals surface area (Å²) >= 11 is 0. The number of rotatable bonds is 5. The van der Waals surface area contributed by atoms with Crippen molar-refractivity contribution in [3.8, 4) is 11.4 Å². The summed E-state index contributed by atoms with van der Waals surface area (Å²) in [6.07, 6.45) is 6.46. The first-order chi connectivity index (χ1) is 13.7. The monoisotopic (exact) mass is 372 g/mol. The lowest BCUT2D eigenvalue weighted by Crippen LogP contribution is -1.97. The van der Waals surface area contributed by atoms with Crippen LogP contribution in [0.3, 0.4) is 0 Å². The fourth-order valence-corrected chi connectivity index (χ4v) is 3.66. The molecule has 7 nitrogen and oxygen atoms in total. The number of fused-ring (bicyclic) bond motifs is 2. The lowest BCUT2D eigenvalue weighted by molar-refractivity contribution is 0.376. The quantitative estimate of drug-likeness (QED) is 0.503. The zero-order chi connectivity index (χ0) is 19.1. The molecule has 0 bridgehead atoms. The van der Waals surface area contributed by atoms with E-state index in [2.05, 4.69) is 49.6 Å². The van der Waals surface area contributed by atoms with Crippen molar-refractivity contribution in [2.24, 2.45) is 0 Å². The number of H-pyrrole nitrogens is 1. The molecule has 1 N–H and O–H groups in total. The lowest BCUT2D eigenvalue weighted by atomic mass is 10.1. The van der Waals surface area contributed by atoms with Crippen LogP contribution in [0.25, 0.3) is 27.9 Å². The maximum absolute atomic E-state index is 5.47. The molecular weight excluding hydrogens is 352 g/mol. The molecule has 0 aliphatic heterocycles. The van der Waals surface area contributed by atoms with Gasteiger partial charge in [0.05, 0.1) is 11.8 Å². The third-order valence-corrected chi connectivity index (χ3v) is 5.00. The summed E-state index contributed by atoms with van der Waals surface area (Å²) < 4.78 is 7.27. The van der Waals surface area contributed by atoms with Crippen molar-refractivity contribution >= 4 is 16.6 Å².